The van der Waals surface area contributed by atoms with Gasteiger partial charge in [0.15, 0.2) is 0 Å². The van der Waals surface area contributed by atoms with E-state index in [0.29, 0.717) is 12.0 Å². The minimum absolute atomic E-state index is 0.555. The van der Waals surface area contributed by atoms with Crippen molar-refractivity contribution in [3.63, 3.8) is 0 Å². The van der Waals surface area contributed by atoms with Gasteiger partial charge >= 0.3 is 0 Å². The van der Waals surface area contributed by atoms with E-state index in [0.717, 1.165) is 11.3 Å². The molecule has 0 unspecified atom stereocenters. The number of aromatic nitrogens is 2. The zero-order valence-corrected chi connectivity index (χ0v) is 16.5. The quantitative estimate of drug-likeness (QED) is 0.502. The first-order chi connectivity index (χ1) is 12.6. The van der Waals surface area contributed by atoms with Crippen molar-refractivity contribution in [1.29, 1.82) is 0 Å². The van der Waals surface area contributed by atoms with Crippen LogP contribution in [0.1, 0.15) is 74.6 Å². The number of fused-ring (bicyclic) bond motifs is 1. The highest BCUT2D eigenvalue weighted by Gasteiger charge is 2.23. The number of hydrogen-bond acceptors (Lipinski definition) is 1. The monoisotopic (exact) mass is 346 g/mol. The van der Waals surface area contributed by atoms with Crippen LogP contribution in [-0.4, -0.2) is 9.55 Å². The number of nitrogens with zero attached hydrogens (tertiary/aromatic N) is 2. The normalized spacial score (nSPS) is 15.9. The molecule has 1 aliphatic carbocycles. The molecule has 1 heterocycles. The van der Waals surface area contributed by atoms with Crippen molar-refractivity contribution in [2.45, 2.75) is 71.8 Å². The van der Waals surface area contributed by atoms with Gasteiger partial charge < -0.3 is 4.57 Å². The Labute approximate surface area is 157 Å². The zero-order chi connectivity index (χ0) is 18.3. The SMILES string of the molecule is Cc1cc(C(C)C)c(C)cc1-c1nc2ccccc2n1C1CCCCC1. The number of para-hydroxylation sites is 2. The van der Waals surface area contributed by atoms with Gasteiger partial charge in [-0.05, 0) is 67.5 Å². The van der Waals surface area contributed by atoms with Gasteiger partial charge in [-0.15, -0.1) is 0 Å². The average molecular weight is 347 g/mol. The first-order valence-electron chi connectivity index (χ1n) is 10.1. The Morgan fingerprint density at radius 1 is 0.962 bits per heavy atom. The summed E-state index contributed by atoms with van der Waals surface area (Å²) in [6.07, 6.45) is 6.59. The number of hydrogen-bond donors (Lipinski definition) is 0. The van der Waals surface area contributed by atoms with Crippen molar-refractivity contribution in [3.05, 3.63) is 53.1 Å². The average Bonchev–Trinajstić information content (AvgIpc) is 3.03. The Morgan fingerprint density at radius 3 is 2.42 bits per heavy atom. The molecule has 3 aromatic rings. The van der Waals surface area contributed by atoms with E-state index in [2.05, 4.69) is 68.7 Å². The van der Waals surface area contributed by atoms with E-state index in [4.69, 9.17) is 4.98 Å². The second-order valence-electron chi connectivity index (χ2n) is 8.26. The Kier molecular flexibility index (Phi) is 4.60. The number of rotatable bonds is 3. The van der Waals surface area contributed by atoms with Gasteiger partial charge in [0.1, 0.15) is 5.82 Å². The van der Waals surface area contributed by atoms with Gasteiger partial charge in [-0.25, -0.2) is 4.98 Å². The summed E-state index contributed by atoms with van der Waals surface area (Å²) < 4.78 is 2.55. The first kappa shape index (κ1) is 17.3. The van der Waals surface area contributed by atoms with Crippen molar-refractivity contribution in [3.8, 4) is 11.4 Å². The lowest BCUT2D eigenvalue weighted by atomic mass is 9.92. The second-order valence-corrected chi connectivity index (χ2v) is 8.26. The molecule has 0 amide bonds. The van der Waals surface area contributed by atoms with Crippen molar-refractivity contribution < 1.29 is 0 Å². The zero-order valence-electron chi connectivity index (χ0n) is 16.5. The maximum atomic E-state index is 5.10. The highest BCUT2D eigenvalue weighted by molar-refractivity contribution is 5.81. The van der Waals surface area contributed by atoms with Crippen LogP contribution < -0.4 is 0 Å². The molecule has 2 aromatic carbocycles. The van der Waals surface area contributed by atoms with Crippen molar-refractivity contribution >= 4 is 11.0 Å². The molecule has 1 aromatic heterocycles. The molecule has 1 saturated carbocycles. The van der Waals surface area contributed by atoms with Crippen LogP contribution in [0, 0.1) is 13.8 Å². The van der Waals surface area contributed by atoms with Crippen molar-refractivity contribution in [1.82, 2.24) is 9.55 Å². The molecule has 0 saturated heterocycles. The molecule has 1 aliphatic rings. The minimum Gasteiger partial charge on any atom is -0.321 e. The molecule has 0 aliphatic heterocycles. The summed E-state index contributed by atoms with van der Waals surface area (Å²) in [5.41, 5.74) is 7.88. The maximum absolute atomic E-state index is 5.10. The van der Waals surface area contributed by atoms with Crippen LogP contribution in [0.4, 0.5) is 0 Å². The van der Waals surface area contributed by atoms with Crippen LogP contribution in [0.25, 0.3) is 22.4 Å². The fraction of sp³-hybridized carbons (Fsp3) is 0.458. The van der Waals surface area contributed by atoms with E-state index in [1.54, 1.807) is 0 Å². The number of aryl methyl sites for hydroxylation is 2. The van der Waals surface area contributed by atoms with Gasteiger partial charge in [0.25, 0.3) is 0 Å². The second kappa shape index (κ2) is 6.90. The molecular formula is C24H30N2. The summed E-state index contributed by atoms with van der Waals surface area (Å²) in [6.45, 7) is 9.04. The van der Waals surface area contributed by atoms with Gasteiger partial charge in [0, 0.05) is 11.6 Å². The molecule has 0 atom stereocenters. The molecule has 0 bridgehead atoms. The number of benzene rings is 2. The summed E-state index contributed by atoms with van der Waals surface area (Å²) in [6, 6.07) is 14.0. The molecule has 0 radical (unpaired) electrons. The maximum Gasteiger partial charge on any atom is 0.141 e. The summed E-state index contributed by atoms with van der Waals surface area (Å²) in [7, 11) is 0. The summed E-state index contributed by atoms with van der Waals surface area (Å²) in [5.74, 6) is 1.72. The predicted octanol–water partition coefficient (Wildman–Crippen LogP) is 6.95. The van der Waals surface area contributed by atoms with Crippen LogP contribution in [0.3, 0.4) is 0 Å². The summed E-state index contributed by atoms with van der Waals surface area (Å²) in [5, 5.41) is 0. The standard InChI is InChI=1S/C24H30N2/c1-16(2)20-14-18(4)21(15-17(20)3)24-25-22-12-8-9-13-23(22)26(24)19-10-6-5-7-11-19/h8-9,12-16,19H,5-7,10-11H2,1-4H3. The Hall–Kier alpha value is -2.09. The smallest absolute Gasteiger partial charge is 0.141 e. The minimum atomic E-state index is 0.555. The van der Waals surface area contributed by atoms with E-state index in [1.165, 1.54) is 59.9 Å². The van der Waals surface area contributed by atoms with Crippen LogP contribution >= 0.6 is 0 Å². The lowest BCUT2D eigenvalue weighted by Gasteiger charge is -2.26. The Morgan fingerprint density at radius 2 is 1.69 bits per heavy atom. The largest absolute Gasteiger partial charge is 0.321 e. The Balaban J connectivity index is 1.93. The number of imidazole rings is 1. The lowest BCUT2D eigenvalue weighted by molar-refractivity contribution is 0.362. The molecule has 1 fully saturated rings. The molecule has 2 heteroatoms. The summed E-state index contributed by atoms with van der Waals surface area (Å²) >= 11 is 0. The van der Waals surface area contributed by atoms with Gasteiger partial charge in [-0.2, -0.15) is 0 Å². The summed E-state index contributed by atoms with van der Waals surface area (Å²) in [4.78, 5) is 5.10. The molecule has 26 heavy (non-hydrogen) atoms. The van der Waals surface area contributed by atoms with Gasteiger partial charge in [-0.3, -0.25) is 0 Å². The molecular weight excluding hydrogens is 316 g/mol. The van der Waals surface area contributed by atoms with Crippen LogP contribution in [0.5, 0.6) is 0 Å². The topological polar surface area (TPSA) is 17.8 Å². The third-order valence-electron chi connectivity index (χ3n) is 6.01. The van der Waals surface area contributed by atoms with E-state index >= 15 is 0 Å². The lowest BCUT2D eigenvalue weighted by Crippen LogP contribution is -2.14. The molecule has 2 nitrogen and oxygen atoms in total. The highest BCUT2D eigenvalue weighted by atomic mass is 15.1. The van der Waals surface area contributed by atoms with Gasteiger partial charge in [0.05, 0.1) is 11.0 Å². The van der Waals surface area contributed by atoms with Crippen LogP contribution in [0.2, 0.25) is 0 Å². The Bertz CT molecular complexity index is 927. The van der Waals surface area contributed by atoms with Crippen molar-refractivity contribution in [2.75, 3.05) is 0 Å². The third kappa shape index (κ3) is 2.96. The van der Waals surface area contributed by atoms with Gasteiger partial charge in [0.2, 0.25) is 0 Å². The van der Waals surface area contributed by atoms with E-state index in [9.17, 15) is 0 Å². The highest BCUT2D eigenvalue weighted by Crippen LogP contribution is 2.37. The molecule has 136 valence electrons. The predicted molar refractivity (Wildman–Crippen MR) is 111 cm³/mol. The van der Waals surface area contributed by atoms with E-state index < -0.39 is 0 Å². The third-order valence-corrected chi connectivity index (χ3v) is 6.01. The molecule has 4 rings (SSSR count). The fourth-order valence-electron chi connectivity index (χ4n) is 4.64. The van der Waals surface area contributed by atoms with Crippen molar-refractivity contribution in [2.24, 2.45) is 0 Å². The van der Waals surface area contributed by atoms with Crippen LogP contribution in [0.15, 0.2) is 36.4 Å². The first-order valence-corrected chi connectivity index (χ1v) is 10.1. The van der Waals surface area contributed by atoms with Gasteiger partial charge in [-0.1, -0.05) is 51.3 Å². The van der Waals surface area contributed by atoms with Crippen LogP contribution in [-0.2, 0) is 0 Å². The molecule has 0 spiro atoms. The van der Waals surface area contributed by atoms with E-state index in [1.807, 2.05) is 0 Å². The van der Waals surface area contributed by atoms with E-state index in [-0.39, 0.29) is 0 Å². The fourth-order valence-corrected chi connectivity index (χ4v) is 4.64. The molecule has 0 N–H and O–H groups in total.